The number of benzene rings is 1. The van der Waals surface area contributed by atoms with Crippen molar-refractivity contribution >= 4 is 0 Å². The largest absolute Gasteiger partial charge is 0.330 e. The van der Waals surface area contributed by atoms with Gasteiger partial charge in [0.05, 0.1) is 0 Å². The maximum Gasteiger partial charge on any atom is 0.0291 e. The third-order valence-corrected chi connectivity index (χ3v) is 3.11. The Labute approximate surface area is 106 Å². The Bertz CT molecular complexity index is 322. The SMILES string of the molecule is CC(NCCCN)c1ccc(C(C)(C)C)cc1. The van der Waals surface area contributed by atoms with Crippen molar-refractivity contribution in [2.45, 2.75) is 45.6 Å². The normalized spacial score (nSPS) is 13.7. The summed E-state index contributed by atoms with van der Waals surface area (Å²) in [4.78, 5) is 0. The number of nitrogens with one attached hydrogen (secondary N) is 1. The first kappa shape index (κ1) is 14.2. The zero-order chi connectivity index (χ0) is 12.9. The van der Waals surface area contributed by atoms with Gasteiger partial charge < -0.3 is 11.1 Å². The summed E-state index contributed by atoms with van der Waals surface area (Å²) >= 11 is 0. The van der Waals surface area contributed by atoms with Gasteiger partial charge in [-0.2, -0.15) is 0 Å². The average Bonchev–Trinajstić information content (AvgIpc) is 2.28. The van der Waals surface area contributed by atoms with Crippen LogP contribution in [0.1, 0.15) is 51.3 Å². The molecule has 0 heterocycles. The van der Waals surface area contributed by atoms with Crippen LogP contribution in [0.15, 0.2) is 24.3 Å². The number of hydrogen-bond donors (Lipinski definition) is 2. The second-order valence-corrected chi connectivity index (χ2v) is 5.69. The highest BCUT2D eigenvalue weighted by Gasteiger charge is 2.13. The van der Waals surface area contributed by atoms with Crippen LogP contribution in [0.2, 0.25) is 0 Å². The van der Waals surface area contributed by atoms with Crippen molar-refractivity contribution in [2.24, 2.45) is 5.73 Å². The van der Waals surface area contributed by atoms with Crippen LogP contribution in [-0.4, -0.2) is 13.1 Å². The molecule has 0 bridgehead atoms. The van der Waals surface area contributed by atoms with Crippen molar-refractivity contribution in [3.05, 3.63) is 35.4 Å². The molecular formula is C15H26N2. The third kappa shape index (κ3) is 4.49. The van der Waals surface area contributed by atoms with Crippen molar-refractivity contribution in [3.63, 3.8) is 0 Å². The quantitative estimate of drug-likeness (QED) is 0.769. The Hall–Kier alpha value is -0.860. The number of hydrogen-bond acceptors (Lipinski definition) is 2. The molecule has 0 aliphatic carbocycles. The molecule has 0 aliphatic heterocycles. The van der Waals surface area contributed by atoms with E-state index >= 15 is 0 Å². The Balaban J connectivity index is 2.61. The maximum absolute atomic E-state index is 5.48. The van der Waals surface area contributed by atoms with Crippen LogP contribution < -0.4 is 11.1 Å². The molecule has 0 saturated heterocycles. The number of nitrogens with two attached hydrogens (primary N) is 1. The summed E-state index contributed by atoms with van der Waals surface area (Å²) in [6, 6.07) is 9.31. The molecule has 1 rings (SSSR count). The van der Waals surface area contributed by atoms with Gasteiger partial charge in [0.15, 0.2) is 0 Å². The maximum atomic E-state index is 5.48. The highest BCUT2D eigenvalue weighted by atomic mass is 14.9. The summed E-state index contributed by atoms with van der Waals surface area (Å²) in [5.74, 6) is 0. The van der Waals surface area contributed by atoms with Gasteiger partial charge in [0.25, 0.3) is 0 Å². The molecule has 2 heteroatoms. The molecule has 1 aromatic rings. The fraction of sp³-hybridized carbons (Fsp3) is 0.600. The minimum Gasteiger partial charge on any atom is -0.330 e. The molecule has 1 unspecified atom stereocenters. The predicted molar refractivity (Wildman–Crippen MR) is 75.2 cm³/mol. The lowest BCUT2D eigenvalue weighted by molar-refractivity contribution is 0.559. The highest BCUT2D eigenvalue weighted by Crippen LogP contribution is 2.23. The van der Waals surface area contributed by atoms with Gasteiger partial charge in [0.1, 0.15) is 0 Å². The average molecular weight is 234 g/mol. The first-order valence-corrected chi connectivity index (χ1v) is 6.49. The predicted octanol–water partition coefficient (Wildman–Crippen LogP) is 2.98. The van der Waals surface area contributed by atoms with Gasteiger partial charge in [0.2, 0.25) is 0 Å². The van der Waals surface area contributed by atoms with Gasteiger partial charge >= 0.3 is 0 Å². The van der Waals surface area contributed by atoms with Crippen LogP contribution in [0.25, 0.3) is 0 Å². The van der Waals surface area contributed by atoms with E-state index in [1.165, 1.54) is 11.1 Å². The Kier molecular flexibility index (Phi) is 5.16. The second kappa shape index (κ2) is 6.18. The van der Waals surface area contributed by atoms with Crippen molar-refractivity contribution in [2.75, 3.05) is 13.1 Å². The van der Waals surface area contributed by atoms with E-state index in [1.54, 1.807) is 0 Å². The lowest BCUT2D eigenvalue weighted by Crippen LogP contribution is -2.22. The summed E-state index contributed by atoms with van der Waals surface area (Å²) in [5.41, 5.74) is 8.44. The highest BCUT2D eigenvalue weighted by molar-refractivity contribution is 5.28. The molecule has 17 heavy (non-hydrogen) atoms. The fourth-order valence-electron chi connectivity index (χ4n) is 1.81. The van der Waals surface area contributed by atoms with Crippen molar-refractivity contribution in [1.29, 1.82) is 0 Å². The molecule has 2 nitrogen and oxygen atoms in total. The molecule has 96 valence electrons. The zero-order valence-corrected chi connectivity index (χ0v) is 11.6. The Morgan fingerprint density at radius 2 is 1.76 bits per heavy atom. The summed E-state index contributed by atoms with van der Waals surface area (Å²) < 4.78 is 0. The van der Waals surface area contributed by atoms with Gasteiger partial charge in [-0.3, -0.25) is 0 Å². The molecule has 0 aromatic heterocycles. The van der Waals surface area contributed by atoms with Crippen molar-refractivity contribution < 1.29 is 0 Å². The molecule has 0 radical (unpaired) electrons. The summed E-state index contributed by atoms with van der Waals surface area (Å²) in [6.07, 6.45) is 1.03. The lowest BCUT2D eigenvalue weighted by atomic mass is 9.86. The molecule has 0 fully saturated rings. The first-order valence-electron chi connectivity index (χ1n) is 6.49. The summed E-state index contributed by atoms with van der Waals surface area (Å²) in [7, 11) is 0. The van der Waals surface area contributed by atoms with E-state index in [4.69, 9.17) is 5.73 Å². The van der Waals surface area contributed by atoms with Crippen LogP contribution in [0.4, 0.5) is 0 Å². The monoisotopic (exact) mass is 234 g/mol. The molecular weight excluding hydrogens is 208 g/mol. The first-order chi connectivity index (χ1) is 7.95. The van der Waals surface area contributed by atoms with Gasteiger partial charge in [-0.25, -0.2) is 0 Å². The van der Waals surface area contributed by atoms with Crippen molar-refractivity contribution in [1.82, 2.24) is 5.32 Å². The van der Waals surface area contributed by atoms with Crippen molar-refractivity contribution in [3.8, 4) is 0 Å². The van der Waals surface area contributed by atoms with E-state index in [9.17, 15) is 0 Å². The summed E-state index contributed by atoms with van der Waals surface area (Å²) in [6.45, 7) is 10.7. The van der Waals surface area contributed by atoms with Crippen LogP contribution in [0.3, 0.4) is 0 Å². The topological polar surface area (TPSA) is 38.0 Å². The van der Waals surface area contributed by atoms with E-state index in [-0.39, 0.29) is 5.41 Å². The molecule has 1 atom stereocenters. The zero-order valence-electron chi connectivity index (χ0n) is 11.6. The molecule has 0 saturated carbocycles. The molecule has 3 N–H and O–H groups in total. The molecule has 0 spiro atoms. The van der Waals surface area contributed by atoms with E-state index in [0.29, 0.717) is 6.04 Å². The fourth-order valence-corrected chi connectivity index (χ4v) is 1.81. The van der Waals surface area contributed by atoms with Crippen LogP contribution in [-0.2, 0) is 5.41 Å². The Morgan fingerprint density at radius 1 is 1.18 bits per heavy atom. The van der Waals surface area contributed by atoms with E-state index in [2.05, 4.69) is 57.3 Å². The molecule has 1 aromatic carbocycles. The second-order valence-electron chi connectivity index (χ2n) is 5.69. The van der Waals surface area contributed by atoms with Crippen LogP contribution in [0, 0.1) is 0 Å². The summed E-state index contributed by atoms with van der Waals surface area (Å²) in [5, 5.41) is 3.48. The van der Waals surface area contributed by atoms with Crippen LogP contribution in [0.5, 0.6) is 0 Å². The van der Waals surface area contributed by atoms with Gasteiger partial charge in [0, 0.05) is 6.04 Å². The van der Waals surface area contributed by atoms with Gasteiger partial charge in [-0.1, -0.05) is 45.0 Å². The Morgan fingerprint density at radius 3 is 2.24 bits per heavy atom. The standard InChI is InChI=1S/C15H26N2/c1-12(17-11-5-10-16)13-6-8-14(9-7-13)15(2,3)4/h6-9,12,17H,5,10-11,16H2,1-4H3. The smallest absolute Gasteiger partial charge is 0.0291 e. The lowest BCUT2D eigenvalue weighted by Gasteiger charge is -2.20. The van der Waals surface area contributed by atoms with Gasteiger partial charge in [-0.05, 0) is 43.0 Å². The third-order valence-electron chi connectivity index (χ3n) is 3.11. The minimum atomic E-state index is 0.231. The van der Waals surface area contributed by atoms with E-state index in [1.807, 2.05) is 0 Å². The van der Waals surface area contributed by atoms with E-state index < -0.39 is 0 Å². The van der Waals surface area contributed by atoms with Gasteiger partial charge in [-0.15, -0.1) is 0 Å². The minimum absolute atomic E-state index is 0.231. The van der Waals surface area contributed by atoms with Crippen LogP contribution >= 0.6 is 0 Å². The van der Waals surface area contributed by atoms with E-state index in [0.717, 1.165) is 19.5 Å². The number of rotatable bonds is 5. The molecule has 0 amide bonds. The molecule has 0 aliphatic rings.